The first-order valence-electron chi connectivity index (χ1n) is 8.77. The van der Waals surface area contributed by atoms with Crippen LogP contribution < -0.4 is 5.32 Å². The Morgan fingerprint density at radius 2 is 2.00 bits per heavy atom. The van der Waals surface area contributed by atoms with Gasteiger partial charge >= 0.3 is 0 Å². The van der Waals surface area contributed by atoms with E-state index in [1.165, 1.54) is 0 Å². The standard InChI is InChI=1S/C18H25N3O2/c22-17-14-8-7-10-16(14)21(13-6-2-1-4-12-20-17)18(23)15-9-3-5-11-19-15/h3,5,9,11,14,16H,1-2,4,6-8,10,12-13H2,(H,20,22)/t14-,16+/m1/s1. The Kier molecular flexibility index (Phi) is 5.26. The molecule has 2 heterocycles. The number of carbonyl (C=O) groups excluding carboxylic acids is 2. The second-order valence-corrected chi connectivity index (χ2v) is 6.52. The van der Waals surface area contributed by atoms with Crippen molar-refractivity contribution in [1.82, 2.24) is 15.2 Å². The first kappa shape index (κ1) is 16.0. The summed E-state index contributed by atoms with van der Waals surface area (Å²) in [5.41, 5.74) is 0.480. The zero-order valence-corrected chi connectivity index (χ0v) is 13.5. The molecule has 0 spiro atoms. The number of nitrogens with zero attached hydrogens (tertiary/aromatic N) is 2. The van der Waals surface area contributed by atoms with Crippen LogP contribution >= 0.6 is 0 Å². The molecule has 0 unspecified atom stereocenters. The van der Waals surface area contributed by atoms with Gasteiger partial charge in [-0.05, 0) is 37.8 Å². The molecule has 0 bridgehead atoms. The summed E-state index contributed by atoms with van der Waals surface area (Å²) in [4.78, 5) is 31.5. The van der Waals surface area contributed by atoms with Gasteiger partial charge in [0.2, 0.25) is 5.91 Å². The Morgan fingerprint density at radius 1 is 1.13 bits per heavy atom. The van der Waals surface area contributed by atoms with E-state index in [-0.39, 0.29) is 23.8 Å². The normalized spacial score (nSPS) is 26.1. The van der Waals surface area contributed by atoms with Crippen LogP contribution in [-0.4, -0.2) is 40.8 Å². The van der Waals surface area contributed by atoms with Crippen molar-refractivity contribution in [3.63, 3.8) is 0 Å². The summed E-state index contributed by atoms with van der Waals surface area (Å²) in [6.45, 7) is 1.49. The van der Waals surface area contributed by atoms with Gasteiger partial charge in [0.1, 0.15) is 5.69 Å². The van der Waals surface area contributed by atoms with E-state index in [0.29, 0.717) is 5.69 Å². The minimum Gasteiger partial charge on any atom is -0.356 e. The van der Waals surface area contributed by atoms with Crippen LogP contribution in [0.5, 0.6) is 0 Å². The van der Waals surface area contributed by atoms with Gasteiger partial charge in [-0.3, -0.25) is 14.6 Å². The van der Waals surface area contributed by atoms with Crippen LogP contribution in [0, 0.1) is 5.92 Å². The highest BCUT2D eigenvalue weighted by molar-refractivity contribution is 5.93. The number of amides is 2. The van der Waals surface area contributed by atoms with Crippen LogP contribution in [0.1, 0.15) is 55.4 Å². The lowest BCUT2D eigenvalue weighted by atomic mass is 10.00. The molecule has 5 heteroatoms. The third kappa shape index (κ3) is 3.71. The first-order valence-corrected chi connectivity index (χ1v) is 8.77. The van der Waals surface area contributed by atoms with E-state index in [2.05, 4.69) is 10.3 Å². The minimum atomic E-state index is -0.0687. The molecule has 1 N–H and O–H groups in total. The highest BCUT2D eigenvalue weighted by atomic mass is 16.2. The summed E-state index contributed by atoms with van der Waals surface area (Å²) in [7, 11) is 0. The molecule has 3 rings (SSSR count). The highest BCUT2D eigenvalue weighted by Crippen LogP contribution is 2.31. The molecule has 1 aromatic heterocycles. The number of nitrogens with one attached hydrogen (secondary N) is 1. The summed E-state index contributed by atoms with van der Waals surface area (Å²) >= 11 is 0. The quantitative estimate of drug-likeness (QED) is 0.865. The summed E-state index contributed by atoms with van der Waals surface area (Å²) in [6.07, 6.45) is 8.67. The summed E-state index contributed by atoms with van der Waals surface area (Å²) in [6, 6.07) is 5.43. The van der Waals surface area contributed by atoms with Crippen LogP contribution in [0.15, 0.2) is 24.4 Å². The van der Waals surface area contributed by atoms with Crippen molar-refractivity contribution >= 4 is 11.8 Å². The molecule has 2 aliphatic rings. The van der Waals surface area contributed by atoms with E-state index in [1.54, 1.807) is 12.3 Å². The first-order chi connectivity index (χ1) is 11.3. The molecular formula is C18H25N3O2. The predicted octanol–water partition coefficient (Wildman–Crippen LogP) is 2.38. The number of pyridine rings is 1. The molecular weight excluding hydrogens is 290 g/mol. The van der Waals surface area contributed by atoms with Gasteiger partial charge in [0, 0.05) is 25.3 Å². The van der Waals surface area contributed by atoms with E-state index in [9.17, 15) is 9.59 Å². The molecule has 1 saturated carbocycles. The monoisotopic (exact) mass is 315 g/mol. The second kappa shape index (κ2) is 7.57. The van der Waals surface area contributed by atoms with Gasteiger partial charge in [-0.25, -0.2) is 0 Å². The maximum atomic E-state index is 12.9. The molecule has 23 heavy (non-hydrogen) atoms. The predicted molar refractivity (Wildman–Crippen MR) is 87.9 cm³/mol. The second-order valence-electron chi connectivity index (χ2n) is 6.52. The number of aromatic nitrogens is 1. The van der Waals surface area contributed by atoms with Gasteiger partial charge in [0.05, 0.1) is 5.92 Å². The van der Waals surface area contributed by atoms with Gasteiger partial charge in [0.15, 0.2) is 0 Å². The molecule has 5 nitrogen and oxygen atoms in total. The van der Waals surface area contributed by atoms with Gasteiger partial charge in [-0.2, -0.15) is 0 Å². The van der Waals surface area contributed by atoms with Crippen LogP contribution in [0.2, 0.25) is 0 Å². The van der Waals surface area contributed by atoms with Crippen molar-refractivity contribution in [3.8, 4) is 0 Å². The lowest BCUT2D eigenvalue weighted by molar-refractivity contribution is -0.126. The molecule has 124 valence electrons. The van der Waals surface area contributed by atoms with E-state index >= 15 is 0 Å². The fourth-order valence-electron chi connectivity index (χ4n) is 3.78. The van der Waals surface area contributed by atoms with Crippen molar-refractivity contribution < 1.29 is 9.59 Å². The van der Waals surface area contributed by atoms with E-state index in [4.69, 9.17) is 0 Å². The van der Waals surface area contributed by atoms with Crippen molar-refractivity contribution in [3.05, 3.63) is 30.1 Å². The molecule has 1 aromatic rings. The van der Waals surface area contributed by atoms with E-state index in [1.807, 2.05) is 17.0 Å². The Balaban J connectivity index is 1.84. The van der Waals surface area contributed by atoms with Gasteiger partial charge < -0.3 is 10.2 Å². The van der Waals surface area contributed by atoms with Crippen molar-refractivity contribution in [2.45, 2.75) is 51.0 Å². The Labute approximate surface area is 137 Å². The third-order valence-electron chi connectivity index (χ3n) is 4.99. The largest absolute Gasteiger partial charge is 0.356 e. The Bertz CT molecular complexity index is 546. The fraction of sp³-hybridized carbons (Fsp3) is 0.611. The van der Waals surface area contributed by atoms with Crippen molar-refractivity contribution in [2.75, 3.05) is 13.1 Å². The van der Waals surface area contributed by atoms with Crippen LogP contribution in [0.25, 0.3) is 0 Å². The number of rotatable bonds is 1. The average Bonchev–Trinajstić information content (AvgIpc) is 3.05. The lowest BCUT2D eigenvalue weighted by Crippen LogP contribution is -2.47. The molecule has 2 atom stereocenters. The van der Waals surface area contributed by atoms with E-state index < -0.39 is 0 Å². The fourth-order valence-corrected chi connectivity index (χ4v) is 3.78. The van der Waals surface area contributed by atoms with Crippen LogP contribution in [0.3, 0.4) is 0 Å². The minimum absolute atomic E-state index is 0.0163. The smallest absolute Gasteiger partial charge is 0.272 e. The molecule has 2 amide bonds. The van der Waals surface area contributed by atoms with Crippen LogP contribution in [-0.2, 0) is 4.79 Å². The van der Waals surface area contributed by atoms with Crippen molar-refractivity contribution in [1.29, 1.82) is 0 Å². The lowest BCUT2D eigenvalue weighted by Gasteiger charge is -2.32. The zero-order valence-electron chi connectivity index (χ0n) is 13.5. The van der Waals surface area contributed by atoms with E-state index in [0.717, 1.165) is 58.0 Å². The molecule has 1 saturated heterocycles. The maximum absolute atomic E-state index is 12.9. The van der Waals surface area contributed by atoms with Gasteiger partial charge in [-0.15, -0.1) is 0 Å². The number of fused-ring (bicyclic) bond motifs is 1. The molecule has 0 aromatic carbocycles. The molecule has 2 fully saturated rings. The van der Waals surface area contributed by atoms with Gasteiger partial charge in [0.25, 0.3) is 5.91 Å². The molecule has 1 aliphatic heterocycles. The summed E-state index contributed by atoms with van der Waals surface area (Å²) < 4.78 is 0. The average molecular weight is 315 g/mol. The molecule has 1 aliphatic carbocycles. The van der Waals surface area contributed by atoms with Crippen LogP contribution in [0.4, 0.5) is 0 Å². The number of hydrogen-bond donors (Lipinski definition) is 1. The SMILES string of the molecule is O=C1NCCCCCCN(C(=O)c2ccccn2)[C@H]2CCC[C@@H]12. The number of carbonyl (C=O) groups is 2. The summed E-state index contributed by atoms with van der Waals surface area (Å²) in [5.74, 6) is 0.0172. The highest BCUT2D eigenvalue weighted by Gasteiger charge is 2.39. The topological polar surface area (TPSA) is 62.3 Å². The third-order valence-corrected chi connectivity index (χ3v) is 4.99. The zero-order chi connectivity index (χ0) is 16.1. The Morgan fingerprint density at radius 3 is 2.83 bits per heavy atom. The maximum Gasteiger partial charge on any atom is 0.272 e. The molecule has 0 radical (unpaired) electrons. The summed E-state index contributed by atoms with van der Waals surface area (Å²) in [5, 5.41) is 3.06. The van der Waals surface area contributed by atoms with Gasteiger partial charge in [-0.1, -0.05) is 25.3 Å². The van der Waals surface area contributed by atoms with Crippen molar-refractivity contribution in [2.24, 2.45) is 5.92 Å². The number of hydrogen-bond acceptors (Lipinski definition) is 3. The Hall–Kier alpha value is -1.91.